The molecule has 0 amide bonds. The third-order valence-corrected chi connectivity index (χ3v) is 2.12. The van der Waals surface area contributed by atoms with Gasteiger partial charge in [0.25, 0.3) is 0 Å². The Hall–Kier alpha value is -1.77. The summed E-state index contributed by atoms with van der Waals surface area (Å²) in [7, 11) is 0. The van der Waals surface area contributed by atoms with E-state index in [1.54, 1.807) is 0 Å². The summed E-state index contributed by atoms with van der Waals surface area (Å²) < 4.78 is 1.89. The summed E-state index contributed by atoms with van der Waals surface area (Å²) >= 11 is 0. The van der Waals surface area contributed by atoms with Gasteiger partial charge in [-0.25, -0.2) is 4.68 Å². The molecule has 0 saturated carbocycles. The smallest absolute Gasteiger partial charge is 0.0669 e. The van der Waals surface area contributed by atoms with Crippen LogP contribution < -0.4 is 5.73 Å². The Morgan fingerprint density at radius 2 is 2.00 bits per heavy atom. The zero-order chi connectivity index (χ0) is 10.1. The van der Waals surface area contributed by atoms with Gasteiger partial charge in [-0.3, -0.25) is 0 Å². The Balaban J connectivity index is 2.54. The summed E-state index contributed by atoms with van der Waals surface area (Å²) in [6, 6.07) is 9.76. The molecule has 0 saturated heterocycles. The highest BCUT2D eigenvalue weighted by atomic mass is 15.3. The van der Waals surface area contributed by atoms with E-state index in [0.717, 1.165) is 22.8 Å². The molecule has 14 heavy (non-hydrogen) atoms. The largest absolute Gasteiger partial charge is 0.399 e. The second-order valence-electron chi connectivity index (χ2n) is 3.43. The van der Waals surface area contributed by atoms with E-state index in [9.17, 15) is 0 Å². The molecular weight excluding hydrogens is 174 g/mol. The number of hydrogen-bond acceptors (Lipinski definition) is 2. The highest BCUT2D eigenvalue weighted by molar-refractivity contribution is 5.47. The molecule has 0 radical (unpaired) electrons. The molecule has 0 spiro atoms. The molecule has 0 fully saturated rings. The molecule has 0 aliphatic rings. The molecule has 1 heterocycles. The van der Waals surface area contributed by atoms with Crippen LogP contribution in [-0.4, -0.2) is 9.78 Å². The fraction of sp³-hybridized carbons (Fsp3) is 0.182. The summed E-state index contributed by atoms with van der Waals surface area (Å²) in [5.41, 5.74) is 9.62. The molecule has 3 nitrogen and oxygen atoms in total. The van der Waals surface area contributed by atoms with Gasteiger partial charge in [-0.05, 0) is 38.1 Å². The zero-order valence-corrected chi connectivity index (χ0v) is 8.36. The zero-order valence-electron chi connectivity index (χ0n) is 8.36. The Labute approximate surface area is 83.2 Å². The minimum atomic E-state index is 0.759. The number of rotatable bonds is 1. The molecule has 72 valence electrons. The number of benzene rings is 1. The van der Waals surface area contributed by atoms with Crippen molar-refractivity contribution in [3.63, 3.8) is 0 Å². The number of aromatic nitrogens is 2. The van der Waals surface area contributed by atoms with Crippen LogP contribution in [0.3, 0.4) is 0 Å². The van der Waals surface area contributed by atoms with Crippen molar-refractivity contribution in [2.24, 2.45) is 0 Å². The standard InChI is InChI=1S/C11H13N3/c1-8-6-9(2)14(13-8)11-5-3-4-10(12)7-11/h3-7H,12H2,1-2H3. The topological polar surface area (TPSA) is 43.8 Å². The Bertz CT molecular complexity index is 457. The van der Waals surface area contributed by atoms with E-state index < -0.39 is 0 Å². The lowest BCUT2D eigenvalue weighted by molar-refractivity contribution is 0.834. The van der Waals surface area contributed by atoms with Gasteiger partial charge in [0.15, 0.2) is 0 Å². The highest BCUT2D eigenvalue weighted by Crippen LogP contribution is 2.14. The Morgan fingerprint density at radius 3 is 2.57 bits per heavy atom. The van der Waals surface area contributed by atoms with Gasteiger partial charge in [0, 0.05) is 11.4 Å². The van der Waals surface area contributed by atoms with Crippen molar-refractivity contribution in [1.82, 2.24) is 9.78 Å². The number of nitrogens with two attached hydrogens (primary N) is 1. The van der Waals surface area contributed by atoms with Crippen LogP contribution in [0.2, 0.25) is 0 Å². The number of aryl methyl sites for hydroxylation is 2. The first-order chi connectivity index (χ1) is 6.66. The van der Waals surface area contributed by atoms with Crippen molar-refractivity contribution in [3.8, 4) is 5.69 Å². The van der Waals surface area contributed by atoms with Crippen molar-refractivity contribution >= 4 is 5.69 Å². The number of nitrogen functional groups attached to an aromatic ring is 1. The molecule has 2 aromatic rings. The maximum absolute atomic E-state index is 5.71. The average Bonchev–Trinajstić information content (AvgIpc) is 2.45. The van der Waals surface area contributed by atoms with Crippen LogP contribution in [0.5, 0.6) is 0 Å². The normalized spacial score (nSPS) is 10.4. The first kappa shape index (κ1) is 8.81. The highest BCUT2D eigenvalue weighted by Gasteiger charge is 2.02. The molecule has 1 aromatic carbocycles. The molecular formula is C11H13N3. The van der Waals surface area contributed by atoms with E-state index in [1.807, 2.05) is 48.9 Å². The monoisotopic (exact) mass is 187 g/mol. The SMILES string of the molecule is Cc1cc(C)n(-c2cccc(N)c2)n1. The van der Waals surface area contributed by atoms with E-state index in [1.165, 1.54) is 0 Å². The first-order valence-corrected chi connectivity index (χ1v) is 4.56. The Kier molecular flexibility index (Phi) is 2.00. The number of nitrogens with zero attached hydrogens (tertiary/aromatic N) is 2. The summed E-state index contributed by atoms with van der Waals surface area (Å²) in [6.45, 7) is 4.01. The fourth-order valence-corrected chi connectivity index (χ4v) is 1.55. The minimum Gasteiger partial charge on any atom is -0.399 e. The summed E-state index contributed by atoms with van der Waals surface area (Å²) in [4.78, 5) is 0. The van der Waals surface area contributed by atoms with Crippen molar-refractivity contribution in [3.05, 3.63) is 41.7 Å². The summed E-state index contributed by atoms with van der Waals surface area (Å²) in [5.74, 6) is 0. The first-order valence-electron chi connectivity index (χ1n) is 4.56. The van der Waals surface area contributed by atoms with Crippen LogP contribution in [0.25, 0.3) is 5.69 Å². The van der Waals surface area contributed by atoms with Gasteiger partial charge < -0.3 is 5.73 Å². The third-order valence-electron chi connectivity index (χ3n) is 2.12. The lowest BCUT2D eigenvalue weighted by atomic mass is 10.3. The predicted molar refractivity (Wildman–Crippen MR) is 57.5 cm³/mol. The van der Waals surface area contributed by atoms with Crippen LogP contribution in [0.1, 0.15) is 11.4 Å². The lowest BCUT2D eigenvalue weighted by Crippen LogP contribution is -1.99. The Morgan fingerprint density at radius 1 is 1.21 bits per heavy atom. The second-order valence-corrected chi connectivity index (χ2v) is 3.43. The average molecular weight is 187 g/mol. The molecule has 0 aliphatic heterocycles. The van der Waals surface area contributed by atoms with Gasteiger partial charge >= 0.3 is 0 Å². The van der Waals surface area contributed by atoms with Crippen LogP contribution in [0.4, 0.5) is 5.69 Å². The van der Waals surface area contributed by atoms with Crippen molar-refractivity contribution in [2.45, 2.75) is 13.8 Å². The van der Waals surface area contributed by atoms with Crippen molar-refractivity contribution in [2.75, 3.05) is 5.73 Å². The molecule has 0 unspecified atom stereocenters. The molecule has 0 aliphatic carbocycles. The van der Waals surface area contributed by atoms with Crippen LogP contribution >= 0.6 is 0 Å². The minimum absolute atomic E-state index is 0.759. The molecule has 2 N–H and O–H groups in total. The van der Waals surface area contributed by atoms with E-state index in [4.69, 9.17) is 5.73 Å². The summed E-state index contributed by atoms with van der Waals surface area (Å²) in [6.07, 6.45) is 0. The second kappa shape index (κ2) is 3.18. The van der Waals surface area contributed by atoms with E-state index >= 15 is 0 Å². The molecule has 3 heteroatoms. The maximum Gasteiger partial charge on any atom is 0.0669 e. The quantitative estimate of drug-likeness (QED) is 0.694. The lowest BCUT2D eigenvalue weighted by Gasteiger charge is -2.04. The van der Waals surface area contributed by atoms with Crippen molar-refractivity contribution in [1.29, 1.82) is 0 Å². The molecule has 1 aromatic heterocycles. The van der Waals surface area contributed by atoms with Crippen molar-refractivity contribution < 1.29 is 0 Å². The maximum atomic E-state index is 5.71. The summed E-state index contributed by atoms with van der Waals surface area (Å²) in [5, 5.41) is 4.38. The van der Waals surface area contributed by atoms with Gasteiger partial charge in [-0.2, -0.15) is 5.10 Å². The van der Waals surface area contributed by atoms with E-state index in [0.29, 0.717) is 0 Å². The fourth-order valence-electron chi connectivity index (χ4n) is 1.55. The van der Waals surface area contributed by atoms with Gasteiger partial charge in [0.2, 0.25) is 0 Å². The van der Waals surface area contributed by atoms with E-state index in [2.05, 4.69) is 5.10 Å². The van der Waals surface area contributed by atoms with Gasteiger partial charge in [-0.1, -0.05) is 6.07 Å². The van der Waals surface area contributed by atoms with Gasteiger partial charge in [0.1, 0.15) is 0 Å². The molecule has 0 bridgehead atoms. The number of hydrogen-bond donors (Lipinski definition) is 1. The van der Waals surface area contributed by atoms with Crippen LogP contribution in [0, 0.1) is 13.8 Å². The number of anilines is 1. The molecule has 0 atom stereocenters. The van der Waals surface area contributed by atoms with Crippen LogP contribution in [-0.2, 0) is 0 Å². The molecule has 2 rings (SSSR count). The van der Waals surface area contributed by atoms with Gasteiger partial charge in [-0.15, -0.1) is 0 Å². The van der Waals surface area contributed by atoms with Crippen LogP contribution in [0.15, 0.2) is 30.3 Å². The van der Waals surface area contributed by atoms with E-state index in [-0.39, 0.29) is 0 Å². The predicted octanol–water partition coefficient (Wildman–Crippen LogP) is 2.07. The van der Waals surface area contributed by atoms with Gasteiger partial charge in [0.05, 0.1) is 11.4 Å². The third kappa shape index (κ3) is 1.48.